The normalized spacial score (nSPS) is 14.2. The summed E-state index contributed by atoms with van der Waals surface area (Å²) >= 11 is 0. The molecule has 4 aromatic rings. The van der Waals surface area contributed by atoms with Crippen molar-refractivity contribution in [1.82, 2.24) is 19.8 Å². The van der Waals surface area contributed by atoms with Crippen LogP contribution in [0.25, 0.3) is 10.9 Å². The number of hydrogen-bond acceptors (Lipinski definition) is 7. The van der Waals surface area contributed by atoms with Gasteiger partial charge in [0.1, 0.15) is 17.3 Å². The third-order valence-corrected chi connectivity index (χ3v) is 7.45. The van der Waals surface area contributed by atoms with E-state index in [1.165, 1.54) is 10.1 Å². The SMILES string of the molecule is CNC(=O)n1ccc2cc(Oc3ccnc(NC(=O)c4ccc(C5CCN(CCO)CC5)cc4)c3)c(COC)cc21. The largest absolute Gasteiger partial charge is 0.457 e. The zero-order valence-corrected chi connectivity index (χ0v) is 23.3. The molecule has 0 atom stereocenters. The smallest absolute Gasteiger partial charge is 0.325 e. The number of nitrogens with zero attached hydrogens (tertiary/aromatic N) is 3. The van der Waals surface area contributed by atoms with E-state index in [9.17, 15) is 9.59 Å². The maximum absolute atomic E-state index is 13.0. The van der Waals surface area contributed by atoms with E-state index in [2.05, 4.69) is 20.5 Å². The van der Waals surface area contributed by atoms with Gasteiger partial charge in [0, 0.05) is 55.7 Å². The lowest BCUT2D eigenvalue weighted by Crippen LogP contribution is -2.34. The fourth-order valence-electron chi connectivity index (χ4n) is 5.26. The first-order valence-corrected chi connectivity index (χ1v) is 13.7. The predicted octanol–water partition coefficient (Wildman–Crippen LogP) is 4.59. The van der Waals surface area contributed by atoms with Gasteiger partial charge < -0.3 is 30.1 Å². The molecular formula is C31H35N5O5. The lowest BCUT2D eigenvalue weighted by atomic mass is 9.89. The van der Waals surface area contributed by atoms with Crippen LogP contribution in [-0.4, -0.2) is 71.9 Å². The van der Waals surface area contributed by atoms with Gasteiger partial charge in [0.05, 0.1) is 18.7 Å². The molecule has 2 aromatic carbocycles. The summed E-state index contributed by atoms with van der Waals surface area (Å²) in [5, 5.41) is 15.5. The maximum atomic E-state index is 13.0. The number of fused-ring (bicyclic) bond motifs is 1. The van der Waals surface area contributed by atoms with Crippen molar-refractivity contribution in [3.8, 4) is 11.5 Å². The number of carbonyl (C=O) groups excluding carboxylic acids is 2. The Labute approximate surface area is 238 Å². The van der Waals surface area contributed by atoms with Crippen LogP contribution in [0.4, 0.5) is 10.6 Å². The topological polar surface area (TPSA) is 118 Å². The predicted molar refractivity (Wildman–Crippen MR) is 157 cm³/mol. The van der Waals surface area contributed by atoms with Crippen LogP contribution in [0.5, 0.6) is 11.5 Å². The molecule has 1 aliphatic heterocycles. The Kier molecular flexibility index (Phi) is 8.93. The highest BCUT2D eigenvalue weighted by molar-refractivity contribution is 6.03. The summed E-state index contributed by atoms with van der Waals surface area (Å²) in [6.45, 7) is 3.15. The molecule has 3 heterocycles. The van der Waals surface area contributed by atoms with E-state index in [-0.39, 0.29) is 25.2 Å². The summed E-state index contributed by atoms with van der Waals surface area (Å²) in [5.74, 6) is 1.65. The zero-order chi connectivity index (χ0) is 28.8. The lowest BCUT2D eigenvalue weighted by molar-refractivity contribution is 0.102. The van der Waals surface area contributed by atoms with Crippen molar-refractivity contribution in [1.29, 1.82) is 0 Å². The number of rotatable bonds is 9. The van der Waals surface area contributed by atoms with Crippen LogP contribution >= 0.6 is 0 Å². The van der Waals surface area contributed by atoms with E-state index in [0.29, 0.717) is 28.8 Å². The van der Waals surface area contributed by atoms with Gasteiger partial charge in [0.2, 0.25) is 0 Å². The highest BCUT2D eigenvalue weighted by atomic mass is 16.5. The molecule has 1 fully saturated rings. The molecule has 0 bridgehead atoms. The number of likely N-dealkylation sites (tertiary alicyclic amines) is 1. The summed E-state index contributed by atoms with van der Waals surface area (Å²) in [6.07, 6.45) is 5.37. The van der Waals surface area contributed by atoms with E-state index >= 15 is 0 Å². The minimum absolute atomic E-state index is 0.193. The van der Waals surface area contributed by atoms with E-state index in [0.717, 1.165) is 48.9 Å². The van der Waals surface area contributed by atoms with Gasteiger partial charge in [-0.2, -0.15) is 0 Å². The second-order valence-corrected chi connectivity index (χ2v) is 10.1. The molecule has 2 aromatic heterocycles. The minimum Gasteiger partial charge on any atom is -0.457 e. The summed E-state index contributed by atoms with van der Waals surface area (Å²) < 4.78 is 13.1. The van der Waals surface area contributed by atoms with Crippen LogP contribution < -0.4 is 15.4 Å². The van der Waals surface area contributed by atoms with Gasteiger partial charge in [0.25, 0.3) is 5.91 Å². The summed E-state index contributed by atoms with van der Waals surface area (Å²) in [6, 6.07) is 16.5. The number of piperidine rings is 1. The van der Waals surface area contributed by atoms with E-state index in [4.69, 9.17) is 14.6 Å². The van der Waals surface area contributed by atoms with Crippen LogP contribution in [0.15, 0.2) is 67.0 Å². The molecular weight excluding hydrogens is 522 g/mol. The summed E-state index contributed by atoms with van der Waals surface area (Å²) in [7, 11) is 3.18. The van der Waals surface area contributed by atoms with Gasteiger partial charge in [-0.3, -0.25) is 9.36 Å². The molecule has 0 saturated carbocycles. The Balaban J connectivity index is 1.27. The Morgan fingerprint density at radius 3 is 2.56 bits per heavy atom. The van der Waals surface area contributed by atoms with Crippen LogP contribution in [0.1, 0.15) is 40.2 Å². The first-order valence-electron chi connectivity index (χ1n) is 13.7. The molecule has 3 N–H and O–H groups in total. The molecule has 5 rings (SSSR count). The molecule has 10 nitrogen and oxygen atoms in total. The number of nitrogens with one attached hydrogen (secondary N) is 2. The molecule has 0 radical (unpaired) electrons. The van der Waals surface area contributed by atoms with Crippen LogP contribution in [-0.2, 0) is 11.3 Å². The van der Waals surface area contributed by atoms with Crippen molar-refractivity contribution < 1.29 is 24.2 Å². The van der Waals surface area contributed by atoms with Crippen LogP contribution in [0.3, 0.4) is 0 Å². The average molecular weight is 558 g/mol. The van der Waals surface area contributed by atoms with Gasteiger partial charge in [-0.05, 0) is 73.8 Å². The molecule has 1 aliphatic rings. The number of benzene rings is 2. The third-order valence-electron chi connectivity index (χ3n) is 7.45. The number of aromatic nitrogens is 2. The van der Waals surface area contributed by atoms with Crippen molar-refractivity contribution in [2.24, 2.45) is 0 Å². The second kappa shape index (κ2) is 12.9. The highest BCUT2D eigenvalue weighted by Crippen LogP contribution is 2.32. The number of β-amino-alcohol motifs (C(OH)–C–C–N with tert-alkyl or cyclic N) is 1. The first-order chi connectivity index (χ1) is 20.0. The Morgan fingerprint density at radius 1 is 1.07 bits per heavy atom. The average Bonchev–Trinajstić information content (AvgIpc) is 3.40. The monoisotopic (exact) mass is 557 g/mol. The van der Waals surface area contributed by atoms with Crippen LogP contribution in [0.2, 0.25) is 0 Å². The number of carbonyl (C=O) groups is 2. The van der Waals surface area contributed by atoms with Crippen LogP contribution in [0, 0.1) is 0 Å². The molecule has 0 aliphatic carbocycles. The third kappa shape index (κ3) is 6.57. The standard InChI is InChI=1S/C31H35N5O5/c1-32-31(39)36-14-10-24-18-28(25(20-40-2)17-27(24)36)41-26-7-11-33-29(19-26)34-30(38)23-5-3-21(4-6-23)22-8-12-35(13-9-22)15-16-37/h3-7,10-11,14,17-19,22,37H,8-9,12-13,15-16,20H2,1-2H3,(H,32,39)(H,33,34,38). The van der Waals surface area contributed by atoms with E-state index in [1.54, 1.807) is 38.7 Å². The Bertz CT molecular complexity index is 1510. The fourth-order valence-corrected chi connectivity index (χ4v) is 5.26. The molecule has 1 saturated heterocycles. The van der Waals surface area contributed by atoms with Crippen molar-refractivity contribution in [2.75, 3.05) is 45.7 Å². The quantitative estimate of drug-likeness (QED) is 0.276. The lowest BCUT2D eigenvalue weighted by Gasteiger charge is -2.31. The molecule has 0 spiro atoms. The van der Waals surface area contributed by atoms with Gasteiger partial charge in [-0.25, -0.2) is 9.78 Å². The highest BCUT2D eigenvalue weighted by Gasteiger charge is 2.20. The molecule has 0 unspecified atom stereocenters. The molecule has 41 heavy (non-hydrogen) atoms. The first kappa shape index (κ1) is 28.3. The molecule has 2 amide bonds. The number of amides is 2. The number of anilines is 1. The number of pyridine rings is 1. The van der Waals surface area contributed by atoms with Gasteiger partial charge in [0.15, 0.2) is 0 Å². The number of hydrogen-bond donors (Lipinski definition) is 3. The zero-order valence-electron chi connectivity index (χ0n) is 23.3. The molecule has 214 valence electrons. The number of aliphatic hydroxyl groups excluding tert-OH is 1. The van der Waals surface area contributed by atoms with Gasteiger partial charge in [-0.15, -0.1) is 0 Å². The summed E-state index contributed by atoms with van der Waals surface area (Å²) in [5.41, 5.74) is 3.29. The number of ether oxygens (including phenoxy) is 2. The van der Waals surface area contributed by atoms with Crippen molar-refractivity contribution in [3.63, 3.8) is 0 Å². The van der Waals surface area contributed by atoms with E-state index in [1.807, 2.05) is 42.5 Å². The Hall–Kier alpha value is -4.25. The molecule has 10 heteroatoms. The van der Waals surface area contributed by atoms with Crippen molar-refractivity contribution in [3.05, 3.63) is 83.7 Å². The van der Waals surface area contributed by atoms with E-state index < -0.39 is 0 Å². The number of methoxy groups -OCH3 is 1. The van der Waals surface area contributed by atoms with Gasteiger partial charge >= 0.3 is 6.03 Å². The minimum atomic E-state index is -0.254. The number of aliphatic hydroxyl groups is 1. The summed E-state index contributed by atoms with van der Waals surface area (Å²) in [4.78, 5) is 31.8. The van der Waals surface area contributed by atoms with Gasteiger partial charge in [-0.1, -0.05) is 12.1 Å². The van der Waals surface area contributed by atoms with Crippen molar-refractivity contribution in [2.45, 2.75) is 25.4 Å². The Morgan fingerprint density at radius 2 is 1.85 bits per heavy atom. The fraction of sp³-hybridized carbons (Fsp3) is 0.323. The maximum Gasteiger partial charge on any atom is 0.325 e. The second-order valence-electron chi connectivity index (χ2n) is 10.1. The van der Waals surface area contributed by atoms with Crippen molar-refractivity contribution >= 4 is 28.7 Å².